The first-order valence-corrected chi connectivity index (χ1v) is 11.5. The number of rotatable bonds is 7. The van der Waals surface area contributed by atoms with Crippen LogP contribution in [0.5, 0.6) is 0 Å². The van der Waals surface area contributed by atoms with E-state index in [2.05, 4.69) is 47.5 Å². The van der Waals surface area contributed by atoms with Crippen LogP contribution in [0.15, 0.2) is 48.5 Å². The molecule has 3 atom stereocenters. The summed E-state index contributed by atoms with van der Waals surface area (Å²) in [4.78, 5) is 14.9. The predicted octanol–water partition coefficient (Wildman–Crippen LogP) is 3.05. The Morgan fingerprint density at radius 3 is 2.90 bits per heavy atom. The first-order chi connectivity index (χ1) is 15.1. The van der Waals surface area contributed by atoms with Gasteiger partial charge in [0.15, 0.2) is 0 Å². The van der Waals surface area contributed by atoms with Gasteiger partial charge in [-0.2, -0.15) is 0 Å². The number of β-amino-alcohol motifs (C(OH)–C–C–N with tert-alkyl or cyclic N) is 1. The fraction of sp³-hybridized carbons (Fsp3) is 0.500. The summed E-state index contributed by atoms with van der Waals surface area (Å²) >= 11 is 0. The largest absolute Gasteiger partial charge is 0.390 e. The lowest BCUT2D eigenvalue weighted by atomic mass is 9.84. The summed E-state index contributed by atoms with van der Waals surface area (Å²) in [6.07, 6.45) is 2.48. The molecule has 1 unspecified atom stereocenters. The number of carbonyl (C=O) groups is 1. The number of carbonyl (C=O) groups excluding carboxylic acids is 1. The van der Waals surface area contributed by atoms with Crippen LogP contribution in [0.3, 0.4) is 0 Å². The molecule has 0 bridgehead atoms. The smallest absolute Gasteiger partial charge is 0.251 e. The van der Waals surface area contributed by atoms with Crippen LogP contribution >= 0.6 is 0 Å². The second-order valence-electron chi connectivity index (χ2n) is 9.12. The third kappa shape index (κ3) is 5.94. The SMILES string of the molecule is C[C@@H]1COCCC1Cc1cccc(C(=O)NC[C@H](O)CN2CCc3ccccc3C2)c1. The van der Waals surface area contributed by atoms with Crippen molar-refractivity contribution in [2.45, 2.75) is 38.8 Å². The quantitative estimate of drug-likeness (QED) is 0.720. The number of hydrogen-bond donors (Lipinski definition) is 2. The van der Waals surface area contributed by atoms with Crippen LogP contribution in [0.4, 0.5) is 0 Å². The summed E-state index contributed by atoms with van der Waals surface area (Å²) in [5.41, 5.74) is 4.59. The zero-order valence-electron chi connectivity index (χ0n) is 18.4. The molecule has 1 amide bonds. The minimum atomic E-state index is -0.583. The van der Waals surface area contributed by atoms with Crippen LogP contribution < -0.4 is 5.32 Å². The van der Waals surface area contributed by atoms with Crippen molar-refractivity contribution < 1.29 is 14.6 Å². The van der Waals surface area contributed by atoms with E-state index in [0.717, 1.165) is 45.6 Å². The molecule has 0 spiro atoms. The Balaban J connectivity index is 1.26. The molecular weight excluding hydrogens is 388 g/mol. The van der Waals surface area contributed by atoms with Gasteiger partial charge in [-0.05, 0) is 59.9 Å². The van der Waals surface area contributed by atoms with Crippen molar-refractivity contribution in [3.05, 3.63) is 70.8 Å². The third-order valence-electron chi connectivity index (χ3n) is 6.68. The molecule has 0 radical (unpaired) electrons. The first-order valence-electron chi connectivity index (χ1n) is 11.5. The van der Waals surface area contributed by atoms with E-state index in [0.29, 0.717) is 23.9 Å². The monoisotopic (exact) mass is 422 g/mol. The maximum atomic E-state index is 12.7. The summed E-state index contributed by atoms with van der Waals surface area (Å²) < 4.78 is 5.55. The van der Waals surface area contributed by atoms with E-state index in [4.69, 9.17) is 4.74 Å². The highest BCUT2D eigenvalue weighted by molar-refractivity contribution is 5.94. The minimum absolute atomic E-state index is 0.120. The van der Waals surface area contributed by atoms with Gasteiger partial charge in [-0.3, -0.25) is 9.69 Å². The van der Waals surface area contributed by atoms with E-state index >= 15 is 0 Å². The number of benzene rings is 2. The van der Waals surface area contributed by atoms with E-state index in [9.17, 15) is 9.90 Å². The standard InChI is InChI=1S/C26H34N2O3/c1-19-18-31-12-10-22(19)13-20-5-4-8-23(14-20)26(30)27-15-25(29)17-28-11-9-21-6-2-3-7-24(21)16-28/h2-8,14,19,22,25,29H,9-13,15-18H2,1H3,(H,27,30)/t19-,22?,25+/m1/s1. The molecule has 166 valence electrons. The lowest BCUT2D eigenvalue weighted by molar-refractivity contribution is 0.0245. The molecule has 2 N–H and O–H groups in total. The molecule has 2 aromatic rings. The molecule has 2 aliphatic rings. The highest BCUT2D eigenvalue weighted by Gasteiger charge is 2.23. The Morgan fingerprint density at radius 1 is 1.23 bits per heavy atom. The third-order valence-corrected chi connectivity index (χ3v) is 6.68. The topological polar surface area (TPSA) is 61.8 Å². The number of ether oxygens (including phenoxy) is 1. The van der Waals surface area contributed by atoms with Gasteiger partial charge < -0.3 is 15.2 Å². The van der Waals surface area contributed by atoms with Gasteiger partial charge in [0.05, 0.1) is 6.10 Å². The summed E-state index contributed by atoms with van der Waals surface area (Å²) in [5.74, 6) is 1.02. The van der Waals surface area contributed by atoms with Crippen molar-refractivity contribution in [2.24, 2.45) is 11.8 Å². The molecule has 0 aromatic heterocycles. The molecule has 1 fully saturated rings. The Labute approximate surface area is 185 Å². The van der Waals surface area contributed by atoms with Crippen molar-refractivity contribution >= 4 is 5.91 Å². The van der Waals surface area contributed by atoms with Gasteiger partial charge >= 0.3 is 0 Å². The summed E-state index contributed by atoms with van der Waals surface area (Å²) in [5, 5.41) is 13.4. The molecule has 0 aliphatic carbocycles. The van der Waals surface area contributed by atoms with Gasteiger partial charge in [0.1, 0.15) is 0 Å². The number of amides is 1. The maximum Gasteiger partial charge on any atom is 0.251 e. The van der Waals surface area contributed by atoms with E-state index < -0.39 is 6.10 Å². The fourth-order valence-electron chi connectivity index (χ4n) is 4.76. The highest BCUT2D eigenvalue weighted by Crippen LogP contribution is 2.25. The highest BCUT2D eigenvalue weighted by atomic mass is 16.5. The van der Waals surface area contributed by atoms with Crippen LogP contribution in [0.25, 0.3) is 0 Å². The maximum absolute atomic E-state index is 12.7. The van der Waals surface area contributed by atoms with Crippen LogP contribution in [-0.2, 0) is 24.1 Å². The number of aliphatic hydroxyl groups is 1. The fourth-order valence-corrected chi connectivity index (χ4v) is 4.76. The van der Waals surface area contributed by atoms with Gasteiger partial charge in [-0.1, -0.05) is 43.3 Å². The van der Waals surface area contributed by atoms with Crippen molar-refractivity contribution in [1.29, 1.82) is 0 Å². The number of aliphatic hydroxyl groups excluding tert-OH is 1. The summed E-state index contributed by atoms with van der Waals surface area (Å²) in [6, 6.07) is 16.4. The Hall–Kier alpha value is -2.21. The van der Waals surface area contributed by atoms with Crippen molar-refractivity contribution in [3.63, 3.8) is 0 Å². The molecule has 1 saturated heterocycles. The van der Waals surface area contributed by atoms with Crippen molar-refractivity contribution in [3.8, 4) is 0 Å². The van der Waals surface area contributed by atoms with E-state index in [1.807, 2.05) is 18.2 Å². The van der Waals surface area contributed by atoms with Gasteiger partial charge in [0.2, 0.25) is 0 Å². The number of nitrogens with one attached hydrogen (secondary N) is 1. The minimum Gasteiger partial charge on any atom is -0.390 e. The van der Waals surface area contributed by atoms with Gasteiger partial charge in [0.25, 0.3) is 5.91 Å². The molecule has 5 heteroatoms. The van der Waals surface area contributed by atoms with Crippen LogP contribution in [0.1, 0.15) is 40.4 Å². The van der Waals surface area contributed by atoms with E-state index in [1.54, 1.807) is 0 Å². The molecule has 0 saturated carbocycles. The zero-order valence-corrected chi connectivity index (χ0v) is 18.4. The number of fused-ring (bicyclic) bond motifs is 1. The molecule has 31 heavy (non-hydrogen) atoms. The van der Waals surface area contributed by atoms with E-state index in [-0.39, 0.29) is 12.5 Å². The lowest BCUT2D eigenvalue weighted by Gasteiger charge is -2.30. The first kappa shape index (κ1) is 22.0. The molecular formula is C26H34N2O3. The van der Waals surface area contributed by atoms with Crippen LogP contribution in [0, 0.1) is 11.8 Å². The summed E-state index contributed by atoms with van der Waals surface area (Å²) in [6.45, 7) is 6.51. The second kappa shape index (κ2) is 10.4. The second-order valence-corrected chi connectivity index (χ2v) is 9.12. The average molecular weight is 423 g/mol. The zero-order chi connectivity index (χ0) is 21.6. The van der Waals surface area contributed by atoms with E-state index in [1.165, 1.54) is 16.7 Å². The molecule has 4 rings (SSSR count). The molecule has 5 nitrogen and oxygen atoms in total. The Bertz CT molecular complexity index is 884. The molecule has 2 aromatic carbocycles. The van der Waals surface area contributed by atoms with Gasteiger partial charge in [0, 0.05) is 45.0 Å². The summed E-state index contributed by atoms with van der Waals surface area (Å²) in [7, 11) is 0. The predicted molar refractivity (Wildman–Crippen MR) is 122 cm³/mol. The van der Waals surface area contributed by atoms with Crippen LogP contribution in [0.2, 0.25) is 0 Å². The number of nitrogens with zero attached hydrogens (tertiary/aromatic N) is 1. The average Bonchev–Trinajstić information content (AvgIpc) is 2.79. The van der Waals surface area contributed by atoms with Gasteiger partial charge in [-0.25, -0.2) is 0 Å². The lowest BCUT2D eigenvalue weighted by Crippen LogP contribution is -2.42. The molecule has 2 aliphatic heterocycles. The normalized spacial score (nSPS) is 22.5. The number of hydrogen-bond acceptors (Lipinski definition) is 4. The van der Waals surface area contributed by atoms with Crippen LogP contribution in [-0.4, -0.2) is 54.9 Å². The molecule has 2 heterocycles. The van der Waals surface area contributed by atoms with Crippen molar-refractivity contribution in [2.75, 3.05) is 32.8 Å². The Morgan fingerprint density at radius 2 is 2.06 bits per heavy atom. The van der Waals surface area contributed by atoms with Crippen molar-refractivity contribution in [1.82, 2.24) is 10.2 Å². The Kier molecular flexibility index (Phi) is 7.38. The van der Waals surface area contributed by atoms with Gasteiger partial charge in [-0.15, -0.1) is 0 Å².